The van der Waals surface area contributed by atoms with Crippen LogP contribution < -0.4 is 9.47 Å². The van der Waals surface area contributed by atoms with Crippen molar-refractivity contribution in [3.63, 3.8) is 0 Å². The lowest BCUT2D eigenvalue weighted by molar-refractivity contribution is -0.148. The van der Waals surface area contributed by atoms with Crippen molar-refractivity contribution in [2.24, 2.45) is 0 Å². The third-order valence-electron chi connectivity index (χ3n) is 7.19. The molecule has 0 amide bonds. The van der Waals surface area contributed by atoms with Crippen LogP contribution in [0.4, 0.5) is 0 Å². The molecule has 1 aliphatic heterocycles. The van der Waals surface area contributed by atoms with Crippen LogP contribution in [0.3, 0.4) is 0 Å². The number of phosphoric acid groups is 1. The Kier molecular flexibility index (Phi) is 12.3. The average molecular weight is 677 g/mol. The zero-order valence-electron chi connectivity index (χ0n) is 26.6. The summed E-state index contributed by atoms with van der Waals surface area (Å²) >= 11 is 0. The molecule has 1 aliphatic rings. The number of benzene rings is 4. The minimum Gasteiger partial charge on any atom is -0.497 e. The van der Waals surface area contributed by atoms with Crippen molar-refractivity contribution in [1.29, 1.82) is 0 Å². The zero-order chi connectivity index (χ0) is 33.8. The number of ether oxygens (including phenoxy) is 5. The second-order valence-corrected chi connectivity index (χ2v) is 12.2. The van der Waals surface area contributed by atoms with Gasteiger partial charge in [0.1, 0.15) is 30.8 Å². The summed E-state index contributed by atoms with van der Waals surface area (Å²) in [6.45, 7) is -1.00. The van der Waals surface area contributed by atoms with Gasteiger partial charge in [-0.25, -0.2) is 9.36 Å². The fourth-order valence-corrected chi connectivity index (χ4v) is 6.04. The molecule has 4 aromatic rings. The van der Waals surface area contributed by atoms with E-state index >= 15 is 0 Å². The summed E-state index contributed by atoms with van der Waals surface area (Å²) in [7, 11) is -1.30. The van der Waals surface area contributed by atoms with Crippen LogP contribution in [0.15, 0.2) is 121 Å². The number of carbonyl (C=O) groups is 1. The SMILES string of the molecule is COc1cccc(COC2=C(OCc3cccc(OC)c3)C(C(CO)OP(=O)(OCc3ccccc3)OCc3ccccc3)OC2=O)c1. The normalized spacial score (nSPS) is 15.1. The Labute approximate surface area is 279 Å². The largest absolute Gasteiger partial charge is 0.497 e. The highest BCUT2D eigenvalue weighted by Crippen LogP contribution is 2.53. The predicted octanol–water partition coefficient (Wildman–Crippen LogP) is 6.49. The molecule has 48 heavy (non-hydrogen) atoms. The predicted molar refractivity (Wildman–Crippen MR) is 174 cm³/mol. The van der Waals surface area contributed by atoms with E-state index in [-0.39, 0.29) is 37.9 Å². The second kappa shape index (κ2) is 17.0. The van der Waals surface area contributed by atoms with Gasteiger partial charge in [-0.05, 0) is 46.5 Å². The molecule has 5 rings (SSSR count). The Morgan fingerprint density at radius 2 is 1.19 bits per heavy atom. The fourth-order valence-electron chi connectivity index (χ4n) is 4.72. The van der Waals surface area contributed by atoms with Crippen LogP contribution in [0.2, 0.25) is 0 Å². The van der Waals surface area contributed by atoms with Gasteiger partial charge < -0.3 is 28.8 Å². The average Bonchev–Trinajstić information content (AvgIpc) is 3.45. The van der Waals surface area contributed by atoms with Crippen molar-refractivity contribution in [3.8, 4) is 11.5 Å². The Morgan fingerprint density at radius 3 is 1.69 bits per heavy atom. The van der Waals surface area contributed by atoms with E-state index in [0.29, 0.717) is 28.2 Å². The Morgan fingerprint density at radius 1 is 0.688 bits per heavy atom. The lowest BCUT2D eigenvalue weighted by Crippen LogP contribution is -2.35. The first-order valence-electron chi connectivity index (χ1n) is 15.1. The van der Waals surface area contributed by atoms with E-state index in [1.54, 1.807) is 74.9 Å². The Hall–Kier alpha value is -4.64. The van der Waals surface area contributed by atoms with Crippen molar-refractivity contribution in [3.05, 3.63) is 143 Å². The van der Waals surface area contributed by atoms with Crippen LogP contribution in [-0.2, 0) is 63.6 Å². The minimum atomic E-state index is -4.40. The van der Waals surface area contributed by atoms with E-state index in [1.165, 1.54) is 0 Å². The lowest BCUT2D eigenvalue weighted by atomic mass is 10.1. The smallest absolute Gasteiger partial charge is 0.475 e. The number of carbonyl (C=O) groups excluding carboxylic acids is 1. The number of aliphatic hydroxyl groups is 1. The summed E-state index contributed by atoms with van der Waals surface area (Å²) in [5.74, 6) is 0.0942. The van der Waals surface area contributed by atoms with E-state index in [2.05, 4.69) is 0 Å². The van der Waals surface area contributed by atoms with Crippen LogP contribution in [-0.4, -0.2) is 44.1 Å². The maximum atomic E-state index is 14.1. The number of cyclic esters (lactones) is 1. The van der Waals surface area contributed by atoms with E-state index in [0.717, 1.165) is 5.56 Å². The molecule has 0 radical (unpaired) electrons. The van der Waals surface area contributed by atoms with E-state index in [4.69, 9.17) is 37.3 Å². The van der Waals surface area contributed by atoms with Crippen molar-refractivity contribution in [2.75, 3.05) is 20.8 Å². The standard InChI is InChI=1S/C36H37O11P/c1-40-30-17-9-15-28(19-30)22-42-34-33(46-36(38)35(34)43-23-29-16-10-18-31(20-29)41-2)32(21-37)47-48(39,44-24-26-11-5-3-6-12-26)45-25-27-13-7-4-8-14-27/h3-20,32-33,37H,21-25H2,1-2H3. The first-order valence-corrected chi connectivity index (χ1v) is 16.6. The summed E-state index contributed by atoms with van der Waals surface area (Å²) < 4.78 is 59.9. The summed E-state index contributed by atoms with van der Waals surface area (Å²) in [5.41, 5.74) is 2.87. The van der Waals surface area contributed by atoms with Gasteiger partial charge in [-0.1, -0.05) is 84.9 Å². The highest BCUT2D eigenvalue weighted by Gasteiger charge is 2.46. The van der Waals surface area contributed by atoms with Crippen molar-refractivity contribution in [2.45, 2.75) is 38.6 Å². The first kappa shape index (κ1) is 34.7. The molecule has 12 heteroatoms. The van der Waals surface area contributed by atoms with E-state index in [9.17, 15) is 14.5 Å². The molecule has 0 fully saturated rings. The maximum absolute atomic E-state index is 14.1. The number of aliphatic hydroxyl groups excluding tert-OH is 1. The fraction of sp³-hybridized carbons (Fsp3) is 0.250. The minimum absolute atomic E-state index is 0.0173. The number of methoxy groups -OCH3 is 2. The number of phosphoric ester groups is 1. The van der Waals surface area contributed by atoms with Crippen molar-refractivity contribution < 1.29 is 51.7 Å². The number of hydrogen-bond donors (Lipinski definition) is 1. The van der Waals surface area contributed by atoms with E-state index in [1.807, 2.05) is 48.5 Å². The van der Waals surface area contributed by atoms with Crippen LogP contribution in [0, 0.1) is 0 Å². The van der Waals surface area contributed by atoms with Crippen molar-refractivity contribution >= 4 is 13.8 Å². The summed E-state index contributed by atoms with van der Waals surface area (Å²) in [6, 6.07) is 32.4. The number of hydrogen-bond acceptors (Lipinski definition) is 11. The van der Waals surface area contributed by atoms with Gasteiger partial charge in [0.05, 0.1) is 34.0 Å². The van der Waals surface area contributed by atoms with Gasteiger partial charge in [0.15, 0.2) is 11.9 Å². The third-order valence-corrected chi connectivity index (χ3v) is 8.61. The molecule has 0 aromatic heterocycles. The van der Waals surface area contributed by atoms with E-state index < -0.39 is 32.6 Å². The molecular weight excluding hydrogens is 639 g/mol. The lowest BCUT2D eigenvalue weighted by Gasteiger charge is -2.27. The Balaban J connectivity index is 1.41. The zero-order valence-corrected chi connectivity index (χ0v) is 27.5. The molecule has 0 saturated heterocycles. The molecule has 0 spiro atoms. The van der Waals surface area contributed by atoms with Crippen LogP contribution in [0.1, 0.15) is 22.3 Å². The van der Waals surface area contributed by atoms with Crippen LogP contribution in [0.5, 0.6) is 11.5 Å². The van der Waals surface area contributed by atoms with Crippen LogP contribution >= 0.6 is 7.82 Å². The monoisotopic (exact) mass is 676 g/mol. The quantitative estimate of drug-likeness (QED) is 0.0917. The van der Waals surface area contributed by atoms with Gasteiger partial charge in [-0.2, -0.15) is 0 Å². The summed E-state index contributed by atoms with van der Waals surface area (Å²) in [5, 5.41) is 10.5. The molecular formula is C36H37O11P. The van der Waals surface area contributed by atoms with Crippen LogP contribution in [0.25, 0.3) is 0 Å². The molecule has 11 nitrogen and oxygen atoms in total. The highest BCUT2D eigenvalue weighted by atomic mass is 31.2. The topological polar surface area (TPSA) is 128 Å². The van der Waals surface area contributed by atoms with Gasteiger partial charge in [-0.15, -0.1) is 0 Å². The molecule has 0 aliphatic carbocycles. The molecule has 1 heterocycles. The highest BCUT2D eigenvalue weighted by molar-refractivity contribution is 7.48. The summed E-state index contributed by atoms with van der Waals surface area (Å²) in [6.07, 6.45) is -2.79. The van der Waals surface area contributed by atoms with Gasteiger partial charge in [-0.3, -0.25) is 13.6 Å². The van der Waals surface area contributed by atoms with Gasteiger partial charge in [0.2, 0.25) is 5.76 Å². The molecule has 4 aromatic carbocycles. The molecule has 0 saturated carbocycles. The molecule has 1 N–H and O–H groups in total. The van der Waals surface area contributed by atoms with Gasteiger partial charge in [0, 0.05) is 0 Å². The number of rotatable bonds is 18. The molecule has 2 unspecified atom stereocenters. The maximum Gasteiger partial charge on any atom is 0.475 e. The number of esters is 1. The molecule has 0 bridgehead atoms. The van der Waals surface area contributed by atoms with Gasteiger partial charge in [0.25, 0.3) is 0 Å². The molecule has 2 atom stereocenters. The summed E-state index contributed by atoms with van der Waals surface area (Å²) in [4.78, 5) is 13.3. The second-order valence-electron chi connectivity index (χ2n) is 10.6. The van der Waals surface area contributed by atoms with Crippen molar-refractivity contribution in [1.82, 2.24) is 0 Å². The first-order chi connectivity index (χ1) is 23.4. The third kappa shape index (κ3) is 9.47. The van der Waals surface area contributed by atoms with Gasteiger partial charge >= 0.3 is 13.8 Å². The Bertz CT molecular complexity index is 1660. The molecule has 252 valence electrons.